The Bertz CT molecular complexity index is 2180. The Kier molecular flexibility index (Phi) is 7.10. The van der Waals surface area contributed by atoms with Crippen LogP contribution < -0.4 is 15.0 Å². The van der Waals surface area contributed by atoms with Crippen LogP contribution in [0.5, 0.6) is 11.8 Å². The van der Waals surface area contributed by atoms with Gasteiger partial charge in [-0.1, -0.05) is 12.0 Å². The van der Waals surface area contributed by atoms with Crippen LogP contribution in [0.3, 0.4) is 0 Å². The van der Waals surface area contributed by atoms with Crippen molar-refractivity contribution in [2.24, 2.45) is 5.92 Å². The zero-order chi connectivity index (χ0) is 34.5. The van der Waals surface area contributed by atoms with E-state index in [2.05, 4.69) is 21.1 Å². The van der Waals surface area contributed by atoms with Crippen molar-refractivity contribution < 1.29 is 31.8 Å². The molecule has 5 fully saturated rings. The molecule has 2 bridgehead atoms. The summed E-state index contributed by atoms with van der Waals surface area (Å²) >= 11 is 0. The van der Waals surface area contributed by atoms with Crippen LogP contribution >= 0.6 is 0 Å². The monoisotopic (exact) mass is 687 g/mol. The molecular weight excluding hydrogens is 653 g/mol. The zero-order valence-electron chi connectivity index (χ0n) is 27.1. The summed E-state index contributed by atoms with van der Waals surface area (Å²) in [5.74, 6) is 0.0941. The Morgan fingerprint density at radius 2 is 1.92 bits per heavy atom. The van der Waals surface area contributed by atoms with E-state index in [4.69, 9.17) is 16.1 Å². The summed E-state index contributed by atoms with van der Waals surface area (Å²) in [6, 6.07) is 6.24. The predicted molar refractivity (Wildman–Crippen MR) is 179 cm³/mol. The molecule has 1 aliphatic carbocycles. The molecule has 0 amide bonds. The number of rotatable bonds is 6. The second kappa shape index (κ2) is 11.3. The van der Waals surface area contributed by atoms with Gasteiger partial charge < -0.3 is 20.1 Å². The number of piperazine rings is 1. The SMILES string of the molecule is C#Cc1c(F)ccc2cc(O)cc(-c3c(F)cc4c(N5C[C@@H]6CC[C@](C7CC7)(C5)N6)nc(OC[C@@]56CCCN5CC(=C(F)F)C6)nc4c3F)c12. The van der Waals surface area contributed by atoms with Gasteiger partial charge in [0.05, 0.1) is 16.7 Å². The van der Waals surface area contributed by atoms with E-state index in [9.17, 15) is 18.3 Å². The predicted octanol–water partition coefficient (Wildman–Crippen LogP) is 7.04. The molecule has 5 heterocycles. The molecule has 4 aromatic rings. The second-order valence-corrected chi connectivity index (χ2v) is 14.7. The molecule has 258 valence electrons. The third kappa shape index (κ3) is 4.84. The number of ether oxygens (including phenoxy) is 1. The van der Waals surface area contributed by atoms with E-state index >= 15 is 8.78 Å². The normalized spacial score (nSPS) is 26.2. The highest BCUT2D eigenvalue weighted by Crippen LogP contribution is 2.49. The molecule has 50 heavy (non-hydrogen) atoms. The van der Waals surface area contributed by atoms with Gasteiger partial charge in [0, 0.05) is 53.1 Å². The van der Waals surface area contributed by atoms with Crippen LogP contribution in [0.4, 0.5) is 27.8 Å². The Morgan fingerprint density at radius 1 is 1.08 bits per heavy atom. The Balaban J connectivity index is 1.21. The Morgan fingerprint density at radius 3 is 2.70 bits per heavy atom. The second-order valence-electron chi connectivity index (χ2n) is 14.7. The number of benzene rings is 3. The van der Waals surface area contributed by atoms with Crippen LogP contribution in [0, 0.1) is 35.7 Å². The first-order valence-electron chi connectivity index (χ1n) is 17.1. The molecule has 4 saturated heterocycles. The fourth-order valence-electron chi connectivity index (χ4n) is 9.30. The number of phenolic OH excluding ortho intramolecular Hbond substituents is 1. The van der Waals surface area contributed by atoms with E-state index in [0.29, 0.717) is 43.2 Å². The third-order valence-electron chi connectivity index (χ3n) is 11.7. The van der Waals surface area contributed by atoms with Gasteiger partial charge in [-0.2, -0.15) is 18.7 Å². The zero-order valence-corrected chi connectivity index (χ0v) is 27.1. The molecule has 9 rings (SSSR count). The maximum Gasteiger partial charge on any atom is 0.319 e. The van der Waals surface area contributed by atoms with Gasteiger partial charge >= 0.3 is 6.01 Å². The van der Waals surface area contributed by atoms with Gasteiger partial charge in [-0.15, -0.1) is 6.42 Å². The maximum absolute atomic E-state index is 17.1. The van der Waals surface area contributed by atoms with E-state index < -0.39 is 34.6 Å². The van der Waals surface area contributed by atoms with Crippen molar-refractivity contribution >= 4 is 27.5 Å². The molecule has 1 saturated carbocycles. The summed E-state index contributed by atoms with van der Waals surface area (Å²) in [4.78, 5) is 13.3. The summed E-state index contributed by atoms with van der Waals surface area (Å²) in [5, 5.41) is 14.9. The van der Waals surface area contributed by atoms with Crippen molar-refractivity contribution in [1.29, 1.82) is 0 Å². The Labute approximate surface area is 285 Å². The van der Waals surface area contributed by atoms with Crippen molar-refractivity contribution in [3.63, 3.8) is 0 Å². The van der Waals surface area contributed by atoms with Crippen LogP contribution in [0.2, 0.25) is 0 Å². The highest BCUT2D eigenvalue weighted by molar-refractivity contribution is 6.04. The minimum absolute atomic E-state index is 0.0165. The van der Waals surface area contributed by atoms with Gasteiger partial charge in [0.1, 0.15) is 35.3 Å². The van der Waals surface area contributed by atoms with E-state index in [1.807, 2.05) is 4.90 Å². The fraction of sp³-hybridized carbons (Fsp3) is 0.421. The minimum Gasteiger partial charge on any atom is -0.508 e. The van der Waals surface area contributed by atoms with Gasteiger partial charge in [0.15, 0.2) is 5.82 Å². The topological polar surface area (TPSA) is 73.8 Å². The molecule has 3 aromatic carbocycles. The first-order valence-corrected chi connectivity index (χ1v) is 17.1. The van der Waals surface area contributed by atoms with Crippen molar-refractivity contribution in [3.05, 3.63) is 65.0 Å². The van der Waals surface area contributed by atoms with Crippen LogP contribution in [0.1, 0.15) is 50.5 Å². The number of anilines is 1. The molecular formula is C38H34F5N5O2. The summed E-state index contributed by atoms with van der Waals surface area (Å²) in [5.41, 5.74) is -1.77. The van der Waals surface area contributed by atoms with Gasteiger partial charge in [-0.25, -0.2) is 13.2 Å². The number of aromatic nitrogens is 2. The van der Waals surface area contributed by atoms with Gasteiger partial charge in [-0.05, 0) is 87.1 Å². The molecule has 7 nitrogen and oxygen atoms in total. The largest absolute Gasteiger partial charge is 0.508 e. The molecule has 5 aliphatic rings. The number of hydrogen-bond donors (Lipinski definition) is 2. The number of phenols is 1. The molecule has 3 atom stereocenters. The number of nitrogens with one attached hydrogen (secondary N) is 1. The minimum atomic E-state index is -1.68. The van der Waals surface area contributed by atoms with E-state index in [-0.39, 0.29) is 75.9 Å². The van der Waals surface area contributed by atoms with Crippen molar-refractivity contribution in [2.75, 3.05) is 37.7 Å². The molecule has 2 N–H and O–H groups in total. The number of hydrogen-bond acceptors (Lipinski definition) is 7. The molecule has 0 unspecified atom stereocenters. The van der Waals surface area contributed by atoms with Gasteiger partial charge in [0.2, 0.25) is 0 Å². The number of terminal acetylenes is 1. The standard InChI is InChI=1S/C38H34F5N5O2/c1-2-25-28(39)7-4-20-12-24(49)13-26(30(20)25)31-29(40)14-27-33(32(31)41)44-36(50-19-37-9-3-11-48(37)16-21(15-37)34(42)43)45-35(27)47-17-23-8-10-38(18-47,46-23)22-5-6-22/h1,4,7,12-14,22-23,46,49H,3,5-6,8-11,15-19H2/t23-,37-,38+/m0/s1. The summed E-state index contributed by atoms with van der Waals surface area (Å²) < 4.78 is 82.0. The summed E-state index contributed by atoms with van der Waals surface area (Å²) in [6.45, 7) is 1.99. The quantitative estimate of drug-likeness (QED) is 0.166. The number of nitrogens with zero attached hydrogens (tertiary/aromatic N) is 4. The van der Waals surface area contributed by atoms with Crippen LogP contribution in [0.15, 0.2) is 42.0 Å². The van der Waals surface area contributed by atoms with Crippen LogP contribution in [-0.2, 0) is 0 Å². The first-order chi connectivity index (χ1) is 24.1. The third-order valence-corrected chi connectivity index (χ3v) is 11.7. The lowest BCUT2D eigenvalue weighted by molar-refractivity contribution is 0.108. The maximum atomic E-state index is 17.1. The average Bonchev–Trinajstić information content (AvgIpc) is 3.69. The van der Waals surface area contributed by atoms with Crippen molar-refractivity contribution in [1.82, 2.24) is 20.2 Å². The molecule has 4 aliphatic heterocycles. The highest BCUT2D eigenvalue weighted by Gasteiger charge is 2.53. The smallest absolute Gasteiger partial charge is 0.319 e. The van der Waals surface area contributed by atoms with E-state index in [1.165, 1.54) is 18.2 Å². The number of halogens is 5. The Hall–Kier alpha value is -4.47. The highest BCUT2D eigenvalue weighted by atomic mass is 19.3. The summed E-state index contributed by atoms with van der Waals surface area (Å²) in [6.07, 6.45) is 9.83. The van der Waals surface area contributed by atoms with Crippen molar-refractivity contribution in [3.8, 4) is 35.2 Å². The number of fused-ring (bicyclic) bond motifs is 5. The van der Waals surface area contributed by atoms with Crippen LogP contribution in [0.25, 0.3) is 32.8 Å². The van der Waals surface area contributed by atoms with Gasteiger partial charge in [-0.3, -0.25) is 4.90 Å². The lowest BCUT2D eigenvalue weighted by Crippen LogP contribution is -2.61. The lowest BCUT2D eigenvalue weighted by Gasteiger charge is -2.42. The number of aromatic hydroxyl groups is 1. The molecule has 12 heteroatoms. The van der Waals surface area contributed by atoms with Crippen LogP contribution in [-0.4, -0.2) is 69.9 Å². The average molecular weight is 688 g/mol. The van der Waals surface area contributed by atoms with Gasteiger partial charge in [0.25, 0.3) is 6.08 Å². The van der Waals surface area contributed by atoms with E-state index in [0.717, 1.165) is 44.2 Å². The fourth-order valence-corrected chi connectivity index (χ4v) is 9.30. The first kappa shape index (κ1) is 31.5. The molecule has 1 aromatic heterocycles. The lowest BCUT2D eigenvalue weighted by atomic mass is 9.90. The van der Waals surface area contributed by atoms with Crippen molar-refractivity contribution in [2.45, 2.75) is 62.1 Å². The van der Waals surface area contributed by atoms with E-state index in [1.54, 1.807) is 0 Å². The molecule has 0 radical (unpaired) electrons. The molecule has 0 spiro atoms. The summed E-state index contributed by atoms with van der Waals surface area (Å²) in [7, 11) is 0.